The summed E-state index contributed by atoms with van der Waals surface area (Å²) in [6, 6.07) is 4.46. The maximum Gasteiger partial charge on any atom is 0.416 e. The molecule has 1 amide bonds. The first-order valence-corrected chi connectivity index (χ1v) is 7.85. The minimum Gasteiger partial charge on any atom is -0.444 e. The number of carbonyl (C=O) groups excluding carboxylic acids is 1. The first-order valence-electron chi connectivity index (χ1n) is 7.85. The van der Waals surface area contributed by atoms with Gasteiger partial charge in [-0.25, -0.2) is 4.98 Å². The van der Waals surface area contributed by atoms with Crippen LogP contribution in [0.4, 0.5) is 13.2 Å². The second-order valence-corrected chi connectivity index (χ2v) is 5.97. The Morgan fingerprint density at radius 1 is 1.21 bits per heavy atom. The van der Waals surface area contributed by atoms with Gasteiger partial charge in [-0.1, -0.05) is 12.8 Å². The van der Waals surface area contributed by atoms with Crippen LogP contribution in [0.3, 0.4) is 0 Å². The molecule has 128 valence electrons. The molecule has 0 radical (unpaired) electrons. The van der Waals surface area contributed by atoms with Crippen LogP contribution in [0.15, 0.2) is 34.9 Å². The van der Waals surface area contributed by atoms with Gasteiger partial charge in [-0.05, 0) is 43.0 Å². The molecule has 0 unspecified atom stereocenters. The minimum absolute atomic E-state index is 0.120. The van der Waals surface area contributed by atoms with Crippen LogP contribution in [-0.4, -0.2) is 17.4 Å². The van der Waals surface area contributed by atoms with Crippen molar-refractivity contribution >= 4 is 5.91 Å². The van der Waals surface area contributed by atoms with E-state index in [0.29, 0.717) is 18.0 Å². The maximum atomic E-state index is 12.6. The van der Waals surface area contributed by atoms with Gasteiger partial charge in [-0.3, -0.25) is 4.79 Å². The smallest absolute Gasteiger partial charge is 0.416 e. The van der Waals surface area contributed by atoms with E-state index in [4.69, 9.17) is 4.42 Å². The number of rotatable bonds is 4. The number of benzene rings is 1. The van der Waals surface area contributed by atoms with E-state index in [1.54, 1.807) is 0 Å². The first kappa shape index (κ1) is 16.5. The fourth-order valence-electron chi connectivity index (χ4n) is 2.85. The van der Waals surface area contributed by atoms with Crippen molar-refractivity contribution in [2.75, 3.05) is 6.54 Å². The number of hydrogen-bond donors (Lipinski definition) is 1. The van der Waals surface area contributed by atoms with E-state index in [1.807, 2.05) is 0 Å². The molecule has 1 fully saturated rings. The Bertz CT molecular complexity index is 701. The minimum atomic E-state index is -4.39. The molecule has 2 aromatic rings. The zero-order chi connectivity index (χ0) is 17.2. The molecule has 1 aromatic heterocycles. The molecule has 0 atom stereocenters. The van der Waals surface area contributed by atoms with Crippen LogP contribution in [0.25, 0.3) is 11.5 Å². The van der Waals surface area contributed by atoms with Gasteiger partial charge in [0.2, 0.25) is 5.89 Å². The average molecular weight is 338 g/mol. The van der Waals surface area contributed by atoms with Crippen LogP contribution in [0, 0.1) is 5.92 Å². The number of aromatic nitrogens is 1. The lowest BCUT2D eigenvalue weighted by atomic mass is 10.1. The van der Waals surface area contributed by atoms with Crippen molar-refractivity contribution in [2.24, 2.45) is 5.92 Å². The second-order valence-electron chi connectivity index (χ2n) is 5.97. The van der Waals surface area contributed by atoms with E-state index in [2.05, 4.69) is 10.3 Å². The van der Waals surface area contributed by atoms with Gasteiger partial charge in [0.1, 0.15) is 6.26 Å². The van der Waals surface area contributed by atoms with E-state index in [1.165, 1.54) is 31.2 Å². The summed E-state index contributed by atoms with van der Waals surface area (Å²) in [7, 11) is 0. The normalized spacial score (nSPS) is 15.6. The van der Waals surface area contributed by atoms with Crippen molar-refractivity contribution in [1.82, 2.24) is 10.3 Å². The number of oxazole rings is 1. The van der Waals surface area contributed by atoms with Gasteiger partial charge >= 0.3 is 6.18 Å². The quantitative estimate of drug-likeness (QED) is 0.905. The molecule has 0 saturated heterocycles. The fourth-order valence-corrected chi connectivity index (χ4v) is 2.85. The Labute approximate surface area is 137 Å². The maximum absolute atomic E-state index is 12.6. The van der Waals surface area contributed by atoms with E-state index in [9.17, 15) is 18.0 Å². The Hall–Kier alpha value is -2.31. The van der Waals surface area contributed by atoms with Crippen molar-refractivity contribution in [2.45, 2.75) is 31.9 Å². The van der Waals surface area contributed by atoms with Gasteiger partial charge in [0.05, 0.1) is 5.56 Å². The van der Waals surface area contributed by atoms with Crippen molar-refractivity contribution in [3.05, 3.63) is 41.8 Å². The molecular formula is C17H17F3N2O2. The van der Waals surface area contributed by atoms with Crippen molar-refractivity contribution in [3.63, 3.8) is 0 Å². The highest BCUT2D eigenvalue weighted by Gasteiger charge is 2.30. The van der Waals surface area contributed by atoms with E-state index in [-0.39, 0.29) is 17.5 Å². The molecule has 0 spiro atoms. The Morgan fingerprint density at radius 3 is 2.50 bits per heavy atom. The monoisotopic (exact) mass is 338 g/mol. The molecule has 1 N–H and O–H groups in total. The van der Waals surface area contributed by atoms with Crippen LogP contribution in [0.1, 0.15) is 41.7 Å². The Balaban J connectivity index is 1.65. The third kappa shape index (κ3) is 3.77. The van der Waals surface area contributed by atoms with Crippen LogP contribution in [0.5, 0.6) is 0 Å². The van der Waals surface area contributed by atoms with Crippen LogP contribution >= 0.6 is 0 Å². The van der Waals surface area contributed by atoms with E-state index < -0.39 is 11.7 Å². The third-order valence-electron chi connectivity index (χ3n) is 4.22. The first-order chi connectivity index (χ1) is 11.4. The van der Waals surface area contributed by atoms with Gasteiger partial charge < -0.3 is 9.73 Å². The molecule has 3 rings (SSSR count). The molecule has 1 aliphatic rings. The third-order valence-corrected chi connectivity index (χ3v) is 4.22. The SMILES string of the molecule is O=C(NCC1CCCC1)c1coc(-c2ccc(C(F)(F)F)cc2)n1. The molecule has 1 aliphatic carbocycles. The zero-order valence-electron chi connectivity index (χ0n) is 12.9. The lowest BCUT2D eigenvalue weighted by molar-refractivity contribution is -0.137. The molecule has 7 heteroatoms. The summed E-state index contributed by atoms with van der Waals surface area (Å²) in [5.74, 6) is 0.300. The van der Waals surface area contributed by atoms with Gasteiger partial charge in [-0.15, -0.1) is 0 Å². The molecule has 1 heterocycles. The lowest BCUT2D eigenvalue weighted by Gasteiger charge is -2.08. The molecule has 24 heavy (non-hydrogen) atoms. The Kier molecular flexibility index (Phi) is 4.59. The molecular weight excluding hydrogens is 321 g/mol. The van der Waals surface area contributed by atoms with Crippen molar-refractivity contribution in [1.29, 1.82) is 0 Å². The zero-order valence-corrected chi connectivity index (χ0v) is 12.9. The standard InChI is InChI=1S/C17H17F3N2O2/c18-17(19,20)13-7-5-12(6-8-13)16-22-14(10-24-16)15(23)21-9-11-3-1-2-4-11/h5-8,10-11H,1-4,9H2,(H,21,23). The summed E-state index contributed by atoms with van der Waals surface area (Å²) < 4.78 is 42.9. The lowest BCUT2D eigenvalue weighted by Crippen LogP contribution is -2.28. The largest absolute Gasteiger partial charge is 0.444 e. The van der Waals surface area contributed by atoms with E-state index >= 15 is 0 Å². The highest BCUT2D eigenvalue weighted by atomic mass is 19.4. The molecule has 0 bridgehead atoms. The average Bonchev–Trinajstić information content (AvgIpc) is 3.23. The molecule has 0 aliphatic heterocycles. The predicted octanol–water partition coefficient (Wildman–Crippen LogP) is 4.28. The summed E-state index contributed by atoms with van der Waals surface area (Å²) in [5, 5.41) is 2.82. The number of alkyl halides is 3. The number of nitrogens with zero attached hydrogens (tertiary/aromatic N) is 1. The van der Waals surface area contributed by atoms with Crippen molar-refractivity contribution < 1.29 is 22.4 Å². The summed E-state index contributed by atoms with van der Waals surface area (Å²) in [6.07, 6.45) is 1.47. The van der Waals surface area contributed by atoms with Gasteiger partial charge in [0, 0.05) is 12.1 Å². The highest BCUT2D eigenvalue weighted by molar-refractivity contribution is 5.92. The highest BCUT2D eigenvalue weighted by Crippen LogP contribution is 2.30. The summed E-state index contributed by atoms with van der Waals surface area (Å²) in [6.45, 7) is 0.612. The summed E-state index contributed by atoms with van der Waals surface area (Å²) in [4.78, 5) is 16.1. The van der Waals surface area contributed by atoms with Gasteiger partial charge in [0.25, 0.3) is 5.91 Å². The van der Waals surface area contributed by atoms with Gasteiger partial charge in [-0.2, -0.15) is 13.2 Å². The predicted molar refractivity (Wildman–Crippen MR) is 81.2 cm³/mol. The number of nitrogens with one attached hydrogen (secondary N) is 1. The summed E-state index contributed by atoms with van der Waals surface area (Å²) in [5.41, 5.74) is -0.229. The second kappa shape index (κ2) is 6.67. The van der Waals surface area contributed by atoms with E-state index in [0.717, 1.165) is 25.0 Å². The molecule has 1 saturated carbocycles. The van der Waals surface area contributed by atoms with Crippen molar-refractivity contribution in [3.8, 4) is 11.5 Å². The number of amides is 1. The topological polar surface area (TPSA) is 55.1 Å². The van der Waals surface area contributed by atoms with Crippen LogP contribution in [0.2, 0.25) is 0 Å². The number of hydrogen-bond acceptors (Lipinski definition) is 3. The fraction of sp³-hybridized carbons (Fsp3) is 0.412. The number of halogens is 3. The Morgan fingerprint density at radius 2 is 1.88 bits per heavy atom. The summed E-state index contributed by atoms with van der Waals surface area (Å²) >= 11 is 0. The van der Waals surface area contributed by atoms with Crippen LogP contribution < -0.4 is 5.32 Å². The molecule has 4 nitrogen and oxygen atoms in total. The van der Waals surface area contributed by atoms with Gasteiger partial charge in [0.15, 0.2) is 5.69 Å². The van der Waals surface area contributed by atoms with Crippen LogP contribution in [-0.2, 0) is 6.18 Å². The number of carbonyl (C=O) groups is 1. The molecule has 1 aromatic carbocycles.